The van der Waals surface area contributed by atoms with E-state index in [9.17, 15) is 4.79 Å². The average Bonchev–Trinajstić information content (AvgIpc) is 2.56. The Morgan fingerprint density at radius 2 is 1.61 bits per heavy atom. The molecule has 0 aliphatic rings. The SMILES string of the molecule is CNCC(=O)NC(CCCc1ccccc1)c1ccccc1.Cl. The average molecular weight is 333 g/mol. The second kappa shape index (κ2) is 10.8. The van der Waals surface area contributed by atoms with E-state index in [1.807, 2.05) is 24.3 Å². The molecule has 23 heavy (non-hydrogen) atoms. The van der Waals surface area contributed by atoms with E-state index >= 15 is 0 Å². The fourth-order valence-corrected chi connectivity index (χ4v) is 2.57. The molecule has 0 aromatic heterocycles. The van der Waals surface area contributed by atoms with Gasteiger partial charge < -0.3 is 10.6 Å². The summed E-state index contributed by atoms with van der Waals surface area (Å²) in [5.41, 5.74) is 2.51. The first kappa shape index (κ1) is 19.2. The molecule has 0 saturated heterocycles. The summed E-state index contributed by atoms with van der Waals surface area (Å²) in [4.78, 5) is 11.9. The molecule has 0 aliphatic heterocycles. The van der Waals surface area contributed by atoms with Crippen molar-refractivity contribution >= 4 is 18.3 Å². The number of nitrogens with one attached hydrogen (secondary N) is 2. The molecule has 0 spiro atoms. The molecule has 2 N–H and O–H groups in total. The van der Waals surface area contributed by atoms with E-state index in [2.05, 4.69) is 47.0 Å². The van der Waals surface area contributed by atoms with Gasteiger partial charge in [0, 0.05) is 0 Å². The zero-order valence-corrected chi connectivity index (χ0v) is 14.3. The molecule has 0 heterocycles. The number of likely N-dealkylation sites (N-methyl/N-ethyl adjacent to an activating group) is 1. The van der Waals surface area contributed by atoms with Crippen LogP contribution in [-0.4, -0.2) is 19.5 Å². The van der Waals surface area contributed by atoms with Crippen molar-refractivity contribution in [3.05, 3.63) is 71.8 Å². The molecule has 1 amide bonds. The van der Waals surface area contributed by atoms with Crippen LogP contribution in [0.2, 0.25) is 0 Å². The summed E-state index contributed by atoms with van der Waals surface area (Å²) in [6, 6.07) is 20.7. The van der Waals surface area contributed by atoms with Crippen LogP contribution < -0.4 is 10.6 Å². The standard InChI is InChI=1S/C19H24N2O.ClH/c1-20-15-19(22)21-18(17-12-6-3-7-13-17)14-8-11-16-9-4-2-5-10-16;/h2-7,9-10,12-13,18,20H,8,11,14-15H2,1H3,(H,21,22);1H. The molecule has 3 nitrogen and oxygen atoms in total. The van der Waals surface area contributed by atoms with Crippen LogP contribution in [0.15, 0.2) is 60.7 Å². The lowest BCUT2D eigenvalue weighted by Crippen LogP contribution is -2.35. The fraction of sp³-hybridized carbons (Fsp3) is 0.316. The summed E-state index contributed by atoms with van der Waals surface area (Å²) >= 11 is 0. The minimum atomic E-state index is 0. The smallest absolute Gasteiger partial charge is 0.234 e. The maximum absolute atomic E-state index is 11.9. The van der Waals surface area contributed by atoms with E-state index < -0.39 is 0 Å². The summed E-state index contributed by atoms with van der Waals surface area (Å²) in [5.74, 6) is 0.0380. The Hall–Kier alpha value is -1.84. The largest absolute Gasteiger partial charge is 0.348 e. The van der Waals surface area contributed by atoms with Gasteiger partial charge in [-0.1, -0.05) is 60.7 Å². The molecule has 2 rings (SSSR count). The van der Waals surface area contributed by atoms with Crippen molar-refractivity contribution in [3.63, 3.8) is 0 Å². The van der Waals surface area contributed by atoms with Crippen LogP contribution in [0.25, 0.3) is 0 Å². The van der Waals surface area contributed by atoms with Crippen molar-refractivity contribution in [2.75, 3.05) is 13.6 Å². The molecular weight excluding hydrogens is 308 g/mol. The normalized spacial score (nSPS) is 11.3. The van der Waals surface area contributed by atoms with Gasteiger partial charge in [0.05, 0.1) is 12.6 Å². The number of hydrogen-bond acceptors (Lipinski definition) is 2. The summed E-state index contributed by atoms with van der Waals surface area (Å²) in [5, 5.41) is 6.01. The predicted molar refractivity (Wildman–Crippen MR) is 97.9 cm³/mol. The third kappa shape index (κ3) is 6.85. The maximum atomic E-state index is 11.9. The first-order valence-electron chi connectivity index (χ1n) is 7.82. The van der Waals surface area contributed by atoms with Crippen LogP contribution in [0.3, 0.4) is 0 Å². The van der Waals surface area contributed by atoms with Gasteiger partial charge in [0.1, 0.15) is 0 Å². The highest BCUT2D eigenvalue weighted by Crippen LogP contribution is 2.19. The molecular formula is C19H25ClN2O. The number of amides is 1. The highest BCUT2D eigenvalue weighted by atomic mass is 35.5. The van der Waals surface area contributed by atoms with Crippen molar-refractivity contribution in [2.24, 2.45) is 0 Å². The number of aryl methyl sites for hydroxylation is 1. The molecule has 1 unspecified atom stereocenters. The Morgan fingerprint density at radius 1 is 1.00 bits per heavy atom. The quantitative estimate of drug-likeness (QED) is 0.776. The van der Waals surface area contributed by atoms with Gasteiger partial charge >= 0.3 is 0 Å². The van der Waals surface area contributed by atoms with Gasteiger partial charge in [-0.15, -0.1) is 12.4 Å². The number of halogens is 1. The summed E-state index contributed by atoms with van der Waals surface area (Å²) in [7, 11) is 1.78. The van der Waals surface area contributed by atoms with E-state index in [-0.39, 0.29) is 24.4 Å². The van der Waals surface area contributed by atoms with Crippen molar-refractivity contribution in [2.45, 2.75) is 25.3 Å². The van der Waals surface area contributed by atoms with Gasteiger partial charge in [-0.2, -0.15) is 0 Å². The maximum Gasteiger partial charge on any atom is 0.234 e. The topological polar surface area (TPSA) is 41.1 Å². The zero-order valence-electron chi connectivity index (χ0n) is 13.5. The molecule has 0 radical (unpaired) electrons. The zero-order chi connectivity index (χ0) is 15.6. The van der Waals surface area contributed by atoms with Crippen LogP contribution >= 0.6 is 12.4 Å². The van der Waals surface area contributed by atoms with Gasteiger partial charge in [0.15, 0.2) is 0 Å². The Balaban J connectivity index is 0.00000264. The number of hydrogen-bond donors (Lipinski definition) is 2. The van der Waals surface area contributed by atoms with Gasteiger partial charge in [-0.25, -0.2) is 0 Å². The fourth-order valence-electron chi connectivity index (χ4n) is 2.57. The van der Waals surface area contributed by atoms with E-state index in [4.69, 9.17) is 0 Å². The van der Waals surface area contributed by atoms with Crippen molar-refractivity contribution in [1.82, 2.24) is 10.6 Å². The minimum absolute atomic E-state index is 0. The van der Waals surface area contributed by atoms with Crippen LogP contribution in [-0.2, 0) is 11.2 Å². The minimum Gasteiger partial charge on any atom is -0.348 e. The van der Waals surface area contributed by atoms with E-state index in [1.165, 1.54) is 11.1 Å². The lowest BCUT2D eigenvalue weighted by atomic mass is 9.99. The lowest BCUT2D eigenvalue weighted by Gasteiger charge is -2.19. The van der Waals surface area contributed by atoms with Crippen LogP contribution in [0, 0.1) is 0 Å². The second-order valence-corrected chi connectivity index (χ2v) is 5.44. The summed E-state index contributed by atoms with van der Waals surface area (Å²) in [6.07, 6.45) is 3.02. The molecule has 1 atom stereocenters. The summed E-state index contributed by atoms with van der Waals surface area (Å²) in [6.45, 7) is 0.349. The van der Waals surface area contributed by atoms with Crippen LogP contribution in [0.1, 0.15) is 30.0 Å². The lowest BCUT2D eigenvalue weighted by molar-refractivity contribution is -0.120. The number of benzene rings is 2. The molecule has 2 aromatic rings. The molecule has 0 fully saturated rings. The third-order valence-corrected chi connectivity index (χ3v) is 3.68. The molecule has 0 saturated carbocycles. The van der Waals surface area contributed by atoms with Gasteiger partial charge in [-0.05, 0) is 37.4 Å². The molecule has 4 heteroatoms. The van der Waals surface area contributed by atoms with Gasteiger partial charge in [-0.3, -0.25) is 4.79 Å². The Kier molecular flexibility index (Phi) is 9.03. The summed E-state index contributed by atoms with van der Waals surface area (Å²) < 4.78 is 0. The number of carbonyl (C=O) groups excluding carboxylic acids is 1. The Bertz CT molecular complexity index is 560. The van der Waals surface area contributed by atoms with Crippen LogP contribution in [0.5, 0.6) is 0 Å². The third-order valence-electron chi connectivity index (χ3n) is 3.68. The Labute approximate surface area is 144 Å². The van der Waals surface area contributed by atoms with E-state index in [1.54, 1.807) is 7.05 Å². The van der Waals surface area contributed by atoms with Crippen molar-refractivity contribution in [1.29, 1.82) is 0 Å². The van der Waals surface area contributed by atoms with Gasteiger partial charge in [0.2, 0.25) is 5.91 Å². The first-order chi connectivity index (χ1) is 10.8. The molecule has 2 aromatic carbocycles. The number of rotatable bonds is 8. The predicted octanol–water partition coefficient (Wildman–Crippen LogP) is 3.51. The second-order valence-electron chi connectivity index (χ2n) is 5.44. The molecule has 0 aliphatic carbocycles. The van der Waals surface area contributed by atoms with E-state index in [0.29, 0.717) is 6.54 Å². The molecule has 0 bridgehead atoms. The number of carbonyl (C=O) groups is 1. The van der Waals surface area contributed by atoms with E-state index in [0.717, 1.165) is 19.3 Å². The van der Waals surface area contributed by atoms with Crippen molar-refractivity contribution < 1.29 is 4.79 Å². The van der Waals surface area contributed by atoms with Crippen molar-refractivity contribution in [3.8, 4) is 0 Å². The Morgan fingerprint density at radius 3 is 2.22 bits per heavy atom. The molecule has 124 valence electrons. The first-order valence-corrected chi connectivity index (χ1v) is 7.82. The highest BCUT2D eigenvalue weighted by Gasteiger charge is 2.13. The highest BCUT2D eigenvalue weighted by molar-refractivity contribution is 5.85. The van der Waals surface area contributed by atoms with Crippen LogP contribution in [0.4, 0.5) is 0 Å². The van der Waals surface area contributed by atoms with Gasteiger partial charge in [0.25, 0.3) is 0 Å². The monoisotopic (exact) mass is 332 g/mol.